The molecule has 0 amide bonds. The van der Waals surface area contributed by atoms with Crippen molar-refractivity contribution < 1.29 is 4.42 Å². The van der Waals surface area contributed by atoms with Gasteiger partial charge in [-0.25, -0.2) is 9.78 Å². The van der Waals surface area contributed by atoms with Crippen molar-refractivity contribution >= 4 is 38.7 Å². The van der Waals surface area contributed by atoms with E-state index in [0.29, 0.717) is 33.3 Å². The average Bonchev–Trinajstić information content (AvgIpc) is 3.27. The average molecular weight is 514 g/mol. The highest BCUT2D eigenvalue weighted by Gasteiger charge is 2.16. The van der Waals surface area contributed by atoms with Gasteiger partial charge in [0.1, 0.15) is 5.58 Å². The lowest BCUT2D eigenvalue weighted by atomic mass is 10.1. The third kappa shape index (κ3) is 4.36. The number of aromatic nitrogens is 2. The molecule has 0 fully saturated rings. The summed E-state index contributed by atoms with van der Waals surface area (Å²) >= 11 is 4.98. The molecule has 5 rings (SSSR count). The van der Waals surface area contributed by atoms with Gasteiger partial charge in [-0.2, -0.15) is 5.26 Å². The maximum absolute atomic E-state index is 12.7. The summed E-state index contributed by atoms with van der Waals surface area (Å²) in [6, 6.07) is 26.9. The van der Waals surface area contributed by atoms with Crippen LogP contribution in [0.25, 0.3) is 27.9 Å². The minimum atomic E-state index is -0.430. The second-order valence-electron chi connectivity index (χ2n) is 7.30. The summed E-state index contributed by atoms with van der Waals surface area (Å²) in [5, 5.41) is 11.0. The van der Waals surface area contributed by atoms with Crippen LogP contribution in [0.3, 0.4) is 0 Å². The summed E-state index contributed by atoms with van der Waals surface area (Å²) in [6.07, 6.45) is 1.85. The second-order valence-corrected chi connectivity index (χ2v) is 9.16. The molecule has 0 unspecified atom stereocenters. The Labute approximate surface area is 202 Å². The zero-order chi connectivity index (χ0) is 22.8. The highest BCUT2D eigenvalue weighted by Crippen LogP contribution is 2.30. The van der Waals surface area contributed by atoms with Crippen LogP contribution >= 0.6 is 27.7 Å². The standard InChI is InChI=1S/C26H16BrN3O2S/c27-20-9-11-21(12-10-20)30-15-23(22-13-17-5-3-4-8-24(17)32-25(22)31)29-26(30)33-16-19-7-2-1-6-18(19)14-28/h1-13,15H,16H2. The maximum Gasteiger partial charge on any atom is 0.345 e. The Bertz CT molecular complexity index is 1570. The third-order valence-electron chi connectivity index (χ3n) is 5.19. The number of nitriles is 1. The van der Waals surface area contributed by atoms with Crippen LogP contribution < -0.4 is 5.63 Å². The van der Waals surface area contributed by atoms with E-state index in [1.54, 1.807) is 6.07 Å². The Morgan fingerprint density at radius 1 is 1.03 bits per heavy atom. The number of para-hydroxylation sites is 1. The smallest absolute Gasteiger partial charge is 0.345 e. The van der Waals surface area contributed by atoms with Gasteiger partial charge in [-0.15, -0.1) is 0 Å². The van der Waals surface area contributed by atoms with Gasteiger partial charge >= 0.3 is 5.63 Å². The van der Waals surface area contributed by atoms with Gasteiger partial charge in [-0.1, -0.05) is 64.1 Å². The molecule has 0 aliphatic rings. The van der Waals surface area contributed by atoms with Gasteiger partial charge in [0.15, 0.2) is 5.16 Å². The van der Waals surface area contributed by atoms with E-state index in [9.17, 15) is 10.1 Å². The van der Waals surface area contributed by atoms with E-state index < -0.39 is 5.63 Å². The molecule has 0 N–H and O–H groups in total. The molecule has 0 aliphatic heterocycles. The summed E-state index contributed by atoms with van der Waals surface area (Å²) in [5.74, 6) is 0.572. The monoisotopic (exact) mass is 513 g/mol. The summed E-state index contributed by atoms with van der Waals surface area (Å²) in [4.78, 5) is 17.5. The first-order valence-electron chi connectivity index (χ1n) is 10.1. The summed E-state index contributed by atoms with van der Waals surface area (Å²) in [7, 11) is 0. The fourth-order valence-electron chi connectivity index (χ4n) is 3.52. The molecule has 5 nitrogen and oxygen atoms in total. The van der Waals surface area contributed by atoms with Crippen molar-refractivity contribution in [1.29, 1.82) is 5.26 Å². The van der Waals surface area contributed by atoms with Gasteiger partial charge in [-0.05, 0) is 48.0 Å². The molecule has 0 aliphatic carbocycles. The summed E-state index contributed by atoms with van der Waals surface area (Å²) in [5.41, 5.74) is 3.54. The SMILES string of the molecule is N#Cc1ccccc1CSc1nc(-c2cc3ccccc3oc2=O)cn1-c1ccc(Br)cc1. The Morgan fingerprint density at radius 3 is 2.61 bits per heavy atom. The van der Waals surface area contributed by atoms with Gasteiger partial charge in [0.05, 0.1) is 22.9 Å². The largest absolute Gasteiger partial charge is 0.422 e. The first-order valence-corrected chi connectivity index (χ1v) is 11.9. The lowest BCUT2D eigenvalue weighted by Crippen LogP contribution is -2.02. The molecule has 0 saturated heterocycles. The molecule has 3 aromatic carbocycles. The van der Waals surface area contributed by atoms with E-state index in [4.69, 9.17) is 9.40 Å². The molecule has 33 heavy (non-hydrogen) atoms. The van der Waals surface area contributed by atoms with Crippen LogP contribution in [-0.2, 0) is 5.75 Å². The number of benzene rings is 3. The molecule has 5 aromatic rings. The van der Waals surface area contributed by atoms with Crippen LogP contribution in [0.1, 0.15) is 11.1 Å². The fraction of sp³-hybridized carbons (Fsp3) is 0.0385. The number of nitrogens with zero attached hydrogens (tertiary/aromatic N) is 3. The molecule has 0 radical (unpaired) electrons. The normalized spacial score (nSPS) is 10.9. The highest BCUT2D eigenvalue weighted by atomic mass is 79.9. The number of halogens is 1. The molecule has 0 atom stereocenters. The molecule has 7 heteroatoms. The number of fused-ring (bicyclic) bond motifs is 1. The zero-order valence-electron chi connectivity index (χ0n) is 17.2. The summed E-state index contributed by atoms with van der Waals surface area (Å²) in [6.45, 7) is 0. The minimum Gasteiger partial charge on any atom is -0.422 e. The van der Waals surface area contributed by atoms with E-state index in [-0.39, 0.29) is 0 Å². The maximum atomic E-state index is 12.7. The van der Waals surface area contributed by atoms with Crippen molar-refractivity contribution in [2.45, 2.75) is 10.9 Å². The van der Waals surface area contributed by atoms with E-state index in [1.807, 2.05) is 83.6 Å². The van der Waals surface area contributed by atoms with Crippen LogP contribution in [0.5, 0.6) is 0 Å². The zero-order valence-corrected chi connectivity index (χ0v) is 19.6. The van der Waals surface area contributed by atoms with E-state index in [2.05, 4.69) is 22.0 Å². The highest BCUT2D eigenvalue weighted by molar-refractivity contribution is 9.10. The van der Waals surface area contributed by atoms with Crippen molar-refractivity contribution in [1.82, 2.24) is 9.55 Å². The van der Waals surface area contributed by atoms with Gasteiger partial charge in [0, 0.05) is 27.5 Å². The van der Waals surface area contributed by atoms with Crippen LogP contribution in [0.4, 0.5) is 0 Å². The van der Waals surface area contributed by atoms with E-state index >= 15 is 0 Å². The Morgan fingerprint density at radius 2 is 1.79 bits per heavy atom. The predicted octanol–water partition coefficient (Wildman–Crippen LogP) is 6.57. The molecular formula is C26H16BrN3O2S. The number of hydrogen-bond acceptors (Lipinski definition) is 5. The third-order valence-corrected chi connectivity index (χ3v) is 6.72. The van der Waals surface area contributed by atoms with Crippen molar-refractivity contribution in [3.05, 3.63) is 111 Å². The Kier molecular flexibility index (Phi) is 5.86. The van der Waals surface area contributed by atoms with E-state index in [1.165, 1.54) is 11.8 Å². The minimum absolute atomic E-state index is 0.406. The topological polar surface area (TPSA) is 71.8 Å². The van der Waals surface area contributed by atoms with Crippen LogP contribution in [0.2, 0.25) is 0 Å². The molecule has 0 saturated carbocycles. The predicted molar refractivity (Wildman–Crippen MR) is 133 cm³/mol. The molecule has 0 spiro atoms. The van der Waals surface area contributed by atoms with E-state index in [0.717, 1.165) is 21.1 Å². The van der Waals surface area contributed by atoms with Crippen molar-refractivity contribution in [3.8, 4) is 23.0 Å². The molecule has 160 valence electrons. The van der Waals surface area contributed by atoms with Crippen LogP contribution in [0.15, 0.2) is 104 Å². The molecule has 0 bridgehead atoms. The second kappa shape index (κ2) is 9.10. The Balaban J connectivity index is 1.59. The van der Waals surface area contributed by atoms with Gasteiger partial charge in [0.25, 0.3) is 0 Å². The fourth-order valence-corrected chi connectivity index (χ4v) is 4.78. The first kappa shape index (κ1) is 21.3. The van der Waals surface area contributed by atoms with Gasteiger partial charge < -0.3 is 4.42 Å². The number of imidazole rings is 1. The number of thioether (sulfide) groups is 1. The number of rotatable bonds is 5. The quantitative estimate of drug-likeness (QED) is 0.196. The van der Waals surface area contributed by atoms with Crippen molar-refractivity contribution in [3.63, 3.8) is 0 Å². The van der Waals surface area contributed by atoms with Gasteiger partial charge in [-0.3, -0.25) is 4.57 Å². The van der Waals surface area contributed by atoms with Crippen molar-refractivity contribution in [2.24, 2.45) is 0 Å². The molecule has 2 aromatic heterocycles. The molecular weight excluding hydrogens is 498 g/mol. The lowest BCUT2D eigenvalue weighted by Gasteiger charge is -2.08. The number of hydrogen-bond donors (Lipinski definition) is 0. The van der Waals surface area contributed by atoms with Crippen LogP contribution in [0, 0.1) is 11.3 Å². The lowest BCUT2D eigenvalue weighted by molar-refractivity contribution is 0.563. The summed E-state index contributed by atoms with van der Waals surface area (Å²) < 4.78 is 8.45. The first-order chi connectivity index (χ1) is 16.1. The Hall–Kier alpha value is -3.60. The van der Waals surface area contributed by atoms with Gasteiger partial charge in [0.2, 0.25) is 0 Å². The van der Waals surface area contributed by atoms with Crippen molar-refractivity contribution in [2.75, 3.05) is 0 Å². The van der Waals surface area contributed by atoms with Crippen LogP contribution in [-0.4, -0.2) is 9.55 Å². The molecule has 2 heterocycles.